The van der Waals surface area contributed by atoms with Crippen molar-refractivity contribution < 1.29 is 19.4 Å². The first-order valence-corrected chi connectivity index (χ1v) is 13.2. The minimum absolute atomic E-state index is 0.0786. The number of aromatic hydroxyl groups is 1. The Hall–Kier alpha value is -3.51. The molecule has 11 nitrogen and oxygen atoms in total. The summed E-state index contributed by atoms with van der Waals surface area (Å²) in [6.07, 6.45) is 4.79. The third kappa shape index (κ3) is 5.59. The highest BCUT2D eigenvalue weighted by atomic mass is 32.1. The van der Waals surface area contributed by atoms with E-state index in [9.17, 15) is 14.7 Å². The molecule has 1 aliphatic rings. The van der Waals surface area contributed by atoms with Crippen molar-refractivity contribution in [2.24, 2.45) is 5.41 Å². The number of benzene rings is 1. The van der Waals surface area contributed by atoms with Crippen LogP contribution in [0.3, 0.4) is 0 Å². The number of esters is 1. The van der Waals surface area contributed by atoms with Crippen LogP contribution in [0.4, 0.5) is 15.9 Å². The van der Waals surface area contributed by atoms with Crippen molar-refractivity contribution in [2.75, 3.05) is 49.8 Å². The second-order valence-electron chi connectivity index (χ2n) is 9.16. The lowest BCUT2D eigenvalue weighted by Gasteiger charge is -2.37. The van der Waals surface area contributed by atoms with Crippen LogP contribution in [0, 0.1) is 5.41 Å². The summed E-state index contributed by atoms with van der Waals surface area (Å²) in [4.78, 5) is 42.0. The van der Waals surface area contributed by atoms with Gasteiger partial charge in [-0.05, 0) is 58.4 Å². The molecule has 0 spiro atoms. The molecule has 3 aromatic rings. The van der Waals surface area contributed by atoms with Gasteiger partial charge in [-0.2, -0.15) is 0 Å². The lowest BCUT2D eigenvalue weighted by atomic mass is 9.80. The number of hydrogen-bond donors (Lipinski definition) is 3. The number of piperidine rings is 1. The molecule has 0 aliphatic carbocycles. The molecular weight excluding hydrogens is 494 g/mol. The molecule has 198 valence electrons. The molecule has 0 unspecified atom stereocenters. The van der Waals surface area contributed by atoms with Crippen molar-refractivity contribution in [1.82, 2.24) is 25.6 Å². The predicted molar refractivity (Wildman–Crippen MR) is 144 cm³/mol. The normalized spacial score (nSPS) is 15.0. The molecule has 3 N–H and O–H groups in total. The Kier molecular flexibility index (Phi) is 8.08. The average molecular weight is 528 g/mol. The third-order valence-corrected chi connectivity index (χ3v) is 7.59. The number of ether oxygens (including phenoxy) is 1. The van der Waals surface area contributed by atoms with Crippen LogP contribution in [0.2, 0.25) is 0 Å². The van der Waals surface area contributed by atoms with Gasteiger partial charge in [0.05, 0.1) is 28.9 Å². The smallest absolute Gasteiger partial charge is 0.324 e. The summed E-state index contributed by atoms with van der Waals surface area (Å²) in [5, 5.41) is 17.0. The number of phenols is 1. The topological polar surface area (TPSA) is 133 Å². The van der Waals surface area contributed by atoms with Gasteiger partial charge in [0.25, 0.3) is 0 Å². The van der Waals surface area contributed by atoms with Crippen LogP contribution in [0.5, 0.6) is 5.75 Å². The van der Waals surface area contributed by atoms with Gasteiger partial charge >= 0.3 is 12.0 Å². The molecule has 3 heterocycles. The predicted octanol–water partition coefficient (Wildman–Crippen LogP) is 3.34. The van der Waals surface area contributed by atoms with E-state index >= 15 is 0 Å². The van der Waals surface area contributed by atoms with E-state index in [-0.39, 0.29) is 24.4 Å². The first kappa shape index (κ1) is 26.6. The number of nitrogens with one attached hydrogen (secondary N) is 2. The van der Waals surface area contributed by atoms with Gasteiger partial charge in [0.15, 0.2) is 5.13 Å². The Morgan fingerprint density at radius 1 is 1.19 bits per heavy atom. The fraction of sp³-hybridized carbons (Fsp3) is 0.480. The van der Waals surface area contributed by atoms with Crippen LogP contribution in [0.15, 0.2) is 24.5 Å². The average Bonchev–Trinajstić information content (AvgIpc) is 3.32. The van der Waals surface area contributed by atoms with E-state index in [0.717, 1.165) is 11.1 Å². The van der Waals surface area contributed by atoms with Gasteiger partial charge < -0.3 is 25.4 Å². The van der Waals surface area contributed by atoms with E-state index < -0.39 is 5.41 Å². The van der Waals surface area contributed by atoms with Crippen molar-refractivity contribution in [3.8, 4) is 16.9 Å². The summed E-state index contributed by atoms with van der Waals surface area (Å²) in [6, 6.07) is 3.25. The molecule has 4 rings (SSSR count). The van der Waals surface area contributed by atoms with Gasteiger partial charge in [0.1, 0.15) is 5.75 Å². The number of rotatable bonds is 8. The van der Waals surface area contributed by atoms with Crippen molar-refractivity contribution in [3.63, 3.8) is 0 Å². The molecule has 0 saturated carbocycles. The maximum Gasteiger partial charge on any atom is 0.324 e. The van der Waals surface area contributed by atoms with Gasteiger partial charge in [-0.3, -0.25) is 9.69 Å². The molecule has 1 aromatic carbocycles. The summed E-state index contributed by atoms with van der Waals surface area (Å²) in [5.41, 5.74) is 1.56. The second-order valence-corrected chi connectivity index (χ2v) is 10.1. The molecule has 2 amide bonds. The highest BCUT2D eigenvalue weighted by Crippen LogP contribution is 2.38. The first-order valence-electron chi connectivity index (χ1n) is 12.4. The Morgan fingerprint density at radius 3 is 2.51 bits per heavy atom. The Labute approximate surface area is 219 Å². The molecular formula is C25H33N7O4S. The first-order chi connectivity index (χ1) is 17.8. The summed E-state index contributed by atoms with van der Waals surface area (Å²) >= 11 is 1.25. The van der Waals surface area contributed by atoms with Crippen LogP contribution >= 0.6 is 11.3 Å². The Morgan fingerprint density at radius 2 is 1.89 bits per heavy atom. The summed E-state index contributed by atoms with van der Waals surface area (Å²) in [6.45, 7) is 8.12. The van der Waals surface area contributed by atoms with Crippen LogP contribution in [-0.2, 0) is 9.53 Å². The van der Waals surface area contributed by atoms with Crippen molar-refractivity contribution >= 4 is 44.6 Å². The molecule has 0 atom stereocenters. The Balaban J connectivity index is 1.52. The minimum Gasteiger partial charge on any atom is -0.506 e. The number of fused-ring (bicyclic) bond motifs is 1. The second kappa shape index (κ2) is 11.3. The van der Waals surface area contributed by atoms with Crippen molar-refractivity contribution in [1.29, 1.82) is 0 Å². The van der Waals surface area contributed by atoms with Gasteiger partial charge in [-0.1, -0.05) is 11.3 Å². The number of phenolic OH excluding ortho intramolecular Hbond substituents is 1. The number of carbonyl (C=O) groups is 2. The zero-order valence-electron chi connectivity index (χ0n) is 21.6. The maximum atomic E-state index is 12.5. The van der Waals surface area contributed by atoms with E-state index in [1.165, 1.54) is 16.2 Å². The molecule has 37 heavy (non-hydrogen) atoms. The number of urea groups is 1. The molecule has 2 aromatic heterocycles. The highest BCUT2D eigenvalue weighted by Gasteiger charge is 2.38. The number of amides is 2. The zero-order valence-corrected chi connectivity index (χ0v) is 22.4. The molecule has 1 fully saturated rings. The van der Waals surface area contributed by atoms with E-state index in [2.05, 4.69) is 30.5 Å². The van der Waals surface area contributed by atoms with Crippen LogP contribution in [-0.4, -0.2) is 72.0 Å². The van der Waals surface area contributed by atoms with Crippen LogP contribution < -0.4 is 20.4 Å². The van der Waals surface area contributed by atoms with Gasteiger partial charge in [0, 0.05) is 37.6 Å². The van der Waals surface area contributed by atoms with E-state index in [1.54, 1.807) is 25.5 Å². The SMILES string of the molecule is CCNC(=O)N(CNC)c1nc2cc(-c3cnc(N4CCC(C)(C(=O)OCC)CC4)nc3)cc(O)c2s1. The number of aromatic nitrogens is 3. The maximum absolute atomic E-state index is 12.5. The Bertz CT molecular complexity index is 1260. The van der Waals surface area contributed by atoms with Gasteiger partial charge in [-0.25, -0.2) is 19.7 Å². The van der Waals surface area contributed by atoms with E-state index in [4.69, 9.17) is 4.74 Å². The third-order valence-electron chi connectivity index (χ3n) is 6.47. The van der Waals surface area contributed by atoms with Crippen molar-refractivity contribution in [2.45, 2.75) is 33.6 Å². The summed E-state index contributed by atoms with van der Waals surface area (Å²) in [7, 11) is 1.75. The number of carbonyl (C=O) groups excluding carboxylic acids is 2. The molecule has 12 heteroatoms. The van der Waals surface area contributed by atoms with Crippen LogP contribution in [0.25, 0.3) is 21.3 Å². The van der Waals surface area contributed by atoms with Gasteiger partial charge in [0.2, 0.25) is 5.95 Å². The number of hydrogen-bond acceptors (Lipinski definition) is 10. The summed E-state index contributed by atoms with van der Waals surface area (Å²) < 4.78 is 5.84. The van der Waals surface area contributed by atoms with Crippen LogP contribution in [0.1, 0.15) is 33.6 Å². The van der Waals surface area contributed by atoms with Crippen molar-refractivity contribution in [3.05, 3.63) is 24.5 Å². The quantitative estimate of drug-likeness (QED) is 0.298. The number of thiazole rings is 1. The molecule has 1 saturated heterocycles. The van der Waals surface area contributed by atoms with E-state index in [1.807, 2.05) is 26.8 Å². The van der Waals surface area contributed by atoms with E-state index in [0.29, 0.717) is 60.4 Å². The lowest BCUT2D eigenvalue weighted by Crippen LogP contribution is -2.44. The summed E-state index contributed by atoms with van der Waals surface area (Å²) in [5.74, 6) is 0.529. The highest BCUT2D eigenvalue weighted by molar-refractivity contribution is 7.22. The molecule has 1 aliphatic heterocycles. The number of anilines is 2. The van der Waals surface area contributed by atoms with Gasteiger partial charge in [-0.15, -0.1) is 0 Å². The fourth-order valence-electron chi connectivity index (χ4n) is 4.26. The zero-order chi connectivity index (χ0) is 26.6. The minimum atomic E-state index is -0.480. The molecule has 0 radical (unpaired) electrons. The fourth-order valence-corrected chi connectivity index (χ4v) is 5.22. The lowest BCUT2D eigenvalue weighted by molar-refractivity contribution is -0.155. The molecule has 0 bridgehead atoms. The monoisotopic (exact) mass is 527 g/mol. The number of nitrogens with zero attached hydrogens (tertiary/aromatic N) is 5. The largest absolute Gasteiger partial charge is 0.506 e. The standard InChI is InChI=1S/C25H33N7O4S/c1-5-27-23(35)32(15-26-4)24-30-18-11-16(12-19(33)20(18)37-24)17-13-28-22(29-14-17)31-9-7-25(3,8-10-31)21(34)36-6-2/h11-14,26,33H,5-10,15H2,1-4H3,(H,27,35).